The van der Waals surface area contributed by atoms with E-state index in [1.54, 1.807) is 12.1 Å². The fraction of sp³-hybridized carbons (Fsp3) is 0.333. The molecular formula is C21H23BrFN2O4PS. The average molecular weight is 529 g/mol. The predicted molar refractivity (Wildman–Crippen MR) is 123 cm³/mol. The lowest BCUT2D eigenvalue weighted by Gasteiger charge is -2.23. The van der Waals surface area contributed by atoms with Gasteiger partial charge in [-0.1, -0.05) is 72.7 Å². The van der Waals surface area contributed by atoms with Crippen LogP contribution < -0.4 is 0 Å². The van der Waals surface area contributed by atoms with E-state index in [0.717, 1.165) is 18.1 Å². The van der Waals surface area contributed by atoms with Crippen molar-refractivity contribution in [1.29, 1.82) is 0 Å². The lowest BCUT2D eigenvalue weighted by Crippen LogP contribution is -2.16. The molecule has 166 valence electrons. The fourth-order valence-corrected chi connectivity index (χ4v) is 4.98. The molecule has 2 N–H and O–H groups in total. The number of hydrogen-bond donors (Lipinski definition) is 2. The van der Waals surface area contributed by atoms with Crippen molar-refractivity contribution < 1.29 is 23.2 Å². The number of nitrogens with zero attached hydrogens (tertiary/aromatic N) is 2. The van der Waals surface area contributed by atoms with Gasteiger partial charge < -0.3 is 14.2 Å². The molecule has 2 aromatic carbocycles. The van der Waals surface area contributed by atoms with Crippen molar-refractivity contribution in [3.05, 3.63) is 63.6 Å². The van der Waals surface area contributed by atoms with E-state index in [0.29, 0.717) is 16.9 Å². The van der Waals surface area contributed by atoms with E-state index in [2.05, 4.69) is 46.9 Å². The van der Waals surface area contributed by atoms with E-state index in [1.165, 1.54) is 23.4 Å². The smallest absolute Gasteiger partial charge is 0.366 e. The van der Waals surface area contributed by atoms with Crippen molar-refractivity contribution in [2.45, 2.75) is 49.5 Å². The summed E-state index contributed by atoms with van der Waals surface area (Å²) in [4.78, 5) is 18.6. The highest BCUT2D eigenvalue weighted by Gasteiger charge is 2.45. The van der Waals surface area contributed by atoms with Crippen LogP contribution in [-0.4, -0.2) is 20.0 Å². The van der Waals surface area contributed by atoms with Crippen molar-refractivity contribution in [2.24, 2.45) is 0 Å². The highest BCUT2D eigenvalue weighted by Crippen LogP contribution is 2.59. The molecule has 0 aliphatic carbocycles. The molecule has 0 amide bonds. The van der Waals surface area contributed by atoms with E-state index >= 15 is 0 Å². The van der Waals surface area contributed by atoms with Crippen LogP contribution in [0.4, 0.5) is 4.39 Å². The Balaban J connectivity index is 1.70. The molecule has 0 saturated heterocycles. The number of hydrogen-bond acceptors (Lipinski definition) is 5. The maximum absolute atomic E-state index is 14.6. The van der Waals surface area contributed by atoms with Crippen LogP contribution in [0.5, 0.6) is 0 Å². The summed E-state index contributed by atoms with van der Waals surface area (Å²) in [6, 6.07) is 12.6. The fourth-order valence-electron chi connectivity index (χ4n) is 2.82. The molecule has 1 aromatic heterocycles. The Morgan fingerprint density at radius 1 is 1.10 bits per heavy atom. The molecule has 1 heterocycles. The van der Waals surface area contributed by atoms with Crippen LogP contribution in [0.1, 0.15) is 44.4 Å². The molecule has 1 atom stereocenters. The Bertz CT molecular complexity index is 1120. The SMILES string of the molecule is CC(C)(C)c1ccc(-c2nnc(SCc3ccc(C(C)(F)P(=O)(O)O)c(Br)c3)o2)cc1. The second-order valence-corrected chi connectivity index (χ2v) is 12.0. The molecular weight excluding hydrogens is 506 g/mol. The first-order valence-electron chi connectivity index (χ1n) is 9.40. The normalized spacial score (nSPS) is 14.5. The standard InChI is InChI=1S/C21H23BrFN2O4PS/c1-20(2,3)15-8-6-14(7-9-15)18-24-25-19(29-18)31-12-13-5-10-16(17(22)11-13)21(4,23)30(26,27)28/h5-11H,12H2,1-4H3,(H2,26,27,28). The third kappa shape index (κ3) is 5.46. The predicted octanol–water partition coefficient (Wildman–Crippen LogP) is 6.41. The molecule has 0 fully saturated rings. The van der Waals surface area contributed by atoms with Gasteiger partial charge in [0, 0.05) is 21.4 Å². The second-order valence-electron chi connectivity index (χ2n) is 8.30. The van der Waals surface area contributed by atoms with Gasteiger partial charge in [0.25, 0.3) is 5.22 Å². The molecule has 0 aliphatic rings. The van der Waals surface area contributed by atoms with Gasteiger partial charge in [-0.2, -0.15) is 0 Å². The number of rotatable bonds is 6. The molecule has 1 unspecified atom stereocenters. The van der Waals surface area contributed by atoms with Gasteiger partial charge in [-0.3, -0.25) is 4.57 Å². The minimum absolute atomic E-state index is 0.0586. The Labute approximate surface area is 193 Å². The second kappa shape index (κ2) is 8.79. The highest BCUT2D eigenvalue weighted by atomic mass is 79.9. The largest absolute Gasteiger partial charge is 0.411 e. The topological polar surface area (TPSA) is 96.5 Å². The summed E-state index contributed by atoms with van der Waals surface area (Å²) >= 11 is 4.53. The van der Waals surface area contributed by atoms with Crippen LogP contribution in [0.3, 0.4) is 0 Å². The number of thioether (sulfide) groups is 1. The zero-order chi connectivity index (χ0) is 23.0. The van der Waals surface area contributed by atoms with Gasteiger partial charge in [0.2, 0.25) is 11.3 Å². The van der Waals surface area contributed by atoms with Crippen LogP contribution in [0.15, 0.2) is 56.6 Å². The van der Waals surface area contributed by atoms with Crippen molar-refractivity contribution >= 4 is 35.3 Å². The summed E-state index contributed by atoms with van der Waals surface area (Å²) in [6.45, 7) is 7.31. The monoisotopic (exact) mass is 528 g/mol. The molecule has 31 heavy (non-hydrogen) atoms. The first-order valence-corrected chi connectivity index (χ1v) is 12.8. The van der Waals surface area contributed by atoms with Gasteiger partial charge in [0.1, 0.15) is 0 Å². The van der Waals surface area contributed by atoms with Gasteiger partial charge in [-0.25, -0.2) is 4.39 Å². The zero-order valence-corrected chi connectivity index (χ0v) is 20.8. The molecule has 3 aromatic rings. The molecule has 0 radical (unpaired) electrons. The third-order valence-electron chi connectivity index (χ3n) is 4.84. The van der Waals surface area contributed by atoms with E-state index < -0.39 is 13.0 Å². The molecule has 10 heteroatoms. The van der Waals surface area contributed by atoms with E-state index in [4.69, 9.17) is 4.42 Å². The summed E-state index contributed by atoms with van der Waals surface area (Å²) in [5, 5.41) is 5.77. The van der Waals surface area contributed by atoms with Gasteiger partial charge in [-0.05, 0) is 41.7 Å². The van der Waals surface area contributed by atoms with Gasteiger partial charge in [0.15, 0.2) is 0 Å². The minimum atomic E-state index is -4.97. The van der Waals surface area contributed by atoms with E-state index in [-0.39, 0.29) is 15.5 Å². The first-order chi connectivity index (χ1) is 14.3. The molecule has 0 aliphatic heterocycles. The summed E-state index contributed by atoms with van der Waals surface area (Å²) in [6.07, 6.45) is 0. The lowest BCUT2D eigenvalue weighted by atomic mass is 9.87. The van der Waals surface area contributed by atoms with Crippen molar-refractivity contribution in [1.82, 2.24) is 10.2 Å². The van der Waals surface area contributed by atoms with Crippen molar-refractivity contribution in [3.63, 3.8) is 0 Å². The Morgan fingerprint density at radius 2 is 1.74 bits per heavy atom. The molecule has 6 nitrogen and oxygen atoms in total. The lowest BCUT2D eigenvalue weighted by molar-refractivity contribution is 0.221. The Morgan fingerprint density at radius 3 is 2.29 bits per heavy atom. The highest BCUT2D eigenvalue weighted by molar-refractivity contribution is 9.10. The van der Waals surface area contributed by atoms with E-state index in [1.807, 2.05) is 24.3 Å². The average Bonchev–Trinajstić information content (AvgIpc) is 3.14. The first kappa shape index (κ1) is 24.1. The summed E-state index contributed by atoms with van der Waals surface area (Å²) in [5.74, 6) is 0.886. The summed E-state index contributed by atoms with van der Waals surface area (Å²) < 4.78 is 32.1. The number of benzene rings is 2. The Hall–Kier alpha value is -1.51. The van der Waals surface area contributed by atoms with E-state index in [9.17, 15) is 18.7 Å². The quantitative estimate of drug-likeness (QED) is 0.282. The van der Waals surface area contributed by atoms with Crippen LogP contribution in [0.2, 0.25) is 0 Å². The minimum Gasteiger partial charge on any atom is -0.411 e. The molecule has 3 rings (SSSR count). The van der Waals surface area contributed by atoms with Crippen LogP contribution in [0, 0.1) is 0 Å². The van der Waals surface area contributed by atoms with Crippen LogP contribution in [-0.2, 0) is 21.1 Å². The van der Waals surface area contributed by atoms with Gasteiger partial charge in [-0.15, -0.1) is 10.2 Å². The maximum Gasteiger partial charge on any atom is 0.366 e. The molecule has 0 bridgehead atoms. The van der Waals surface area contributed by atoms with Gasteiger partial charge in [0.05, 0.1) is 0 Å². The van der Waals surface area contributed by atoms with Crippen LogP contribution >= 0.6 is 35.3 Å². The maximum atomic E-state index is 14.6. The van der Waals surface area contributed by atoms with Crippen molar-refractivity contribution in [2.75, 3.05) is 0 Å². The number of alkyl halides is 1. The Kier molecular flexibility index (Phi) is 6.84. The number of aromatic nitrogens is 2. The third-order valence-corrected chi connectivity index (χ3v) is 7.72. The molecule has 0 spiro atoms. The van der Waals surface area contributed by atoms with Crippen molar-refractivity contribution in [3.8, 4) is 11.5 Å². The van der Waals surface area contributed by atoms with Crippen LogP contribution in [0.25, 0.3) is 11.5 Å². The zero-order valence-electron chi connectivity index (χ0n) is 17.5. The number of halogens is 2. The van der Waals surface area contributed by atoms with Gasteiger partial charge >= 0.3 is 7.60 Å². The molecule has 0 saturated carbocycles. The summed E-state index contributed by atoms with van der Waals surface area (Å²) in [5.41, 5.74) is 2.80. The summed E-state index contributed by atoms with van der Waals surface area (Å²) in [7, 11) is -4.97.